The molecule has 22 heavy (non-hydrogen) atoms. The molecule has 0 aromatic carbocycles. The SMILES string of the molecule is OC(CNCC1CN(c2ccc(C3CC3)nn2)C1)C(F)(F)F. The van der Waals surface area contributed by atoms with Crippen molar-refractivity contribution in [1.82, 2.24) is 15.5 Å². The second-order valence-electron chi connectivity index (χ2n) is 6.08. The van der Waals surface area contributed by atoms with Gasteiger partial charge in [-0.2, -0.15) is 18.3 Å². The molecule has 0 spiro atoms. The Bertz CT molecular complexity index is 498. The van der Waals surface area contributed by atoms with E-state index < -0.39 is 18.8 Å². The normalized spacial score (nSPS) is 20.8. The fourth-order valence-electron chi connectivity index (χ4n) is 2.53. The van der Waals surface area contributed by atoms with Crippen LogP contribution in [0.15, 0.2) is 12.1 Å². The Hall–Kier alpha value is -1.41. The average molecular weight is 316 g/mol. The van der Waals surface area contributed by atoms with Gasteiger partial charge in [0.25, 0.3) is 0 Å². The molecular weight excluding hydrogens is 297 g/mol. The van der Waals surface area contributed by atoms with Gasteiger partial charge in [-0.25, -0.2) is 0 Å². The second kappa shape index (κ2) is 6.00. The fourth-order valence-corrected chi connectivity index (χ4v) is 2.53. The van der Waals surface area contributed by atoms with E-state index >= 15 is 0 Å². The third-order valence-corrected chi connectivity index (χ3v) is 4.10. The predicted molar refractivity (Wildman–Crippen MR) is 74.6 cm³/mol. The average Bonchev–Trinajstić information content (AvgIpc) is 3.25. The summed E-state index contributed by atoms with van der Waals surface area (Å²) in [4.78, 5) is 2.05. The molecule has 8 heteroatoms. The van der Waals surface area contributed by atoms with E-state index in [0.717, 1.165) is 24.6 Å². The monoisotopic (exact) mass is 316 g/mol. The number of hydrogen-bond donors (Lipinski definition) is 2. The Morgan fingerprint density at radius 2 is 2.00 bits per heavy atom. The number of anilines is 1. The van der Waals surface area contributed by atoms with Gasteiger partial charge in [-0.1, -0.05) is 0 Å². The molecule has 2 fully saturated rings. The molecule has 0 radical (unpaired) electrons. The number of hydrogen-bond acceptors (Lipinski definition) is 5. The summed E-state index contributed by atoms with van der Waals surface area (Å²) >= 11 is 0. The summed E-state index contributed by atoms with van der Waals surface area (Å²) in [5, 5.41) is 20.0. The number of nitrogens with one attached hydrogen (secondary N) is 1. The molecule has 1 saturated heterocycles. The quantitative estimate of drug-likeness (QED) is 0.828. The number of halogens is 3. The smallest absolute Gasteiger partial charge is 0.382 e. The first-order valence-electron chi connectivity index (χ1n) is 7.47. The number of nitrogens with zero attached hydrogens (tertiary/aromatic N) is 3. The minimum Gasteiger partial charge on any atom is -0.382 e. The second-order valence-corrected chi connectivity index (χ2v) is 6.08. The van der Waals surface area contributed by atoms with Gasteiger partial charge in [-0.15, -0.1) is 5.10 Å². The first kappa shape index (κ1) is 15.5. The molecule has 5 nitrogen and oxygen atoms in total. The van der Waals surface area contributed by atoms with Gasteiger partial charge in [0.15, 0.2) is 11.9 Å². The molecule has 122 valence electrons. The van der Waals surface area contributed by atoms with E-state index in [1.807, 2.05) is 12.1 Å². The summed E-state index contributed by atoms with van der Waals surface area (Å²) in [6, 6.07) is 3.96. The summed E-state index contributed by atoms with van der Waals surface area (Å²) in [6.07, 6.45) is -4.48. The molecule has 1 saturated carbocycles. The van der Waals surface area contributed by atoms with Crippen LogP contribution in [-0.4, -0.2) is 53.8 Å². The van der Waals surface area contributed by atoms with Gasteiger partial charge >= 0.3 is 6.18 Å². The van der Waals surface area contributed by atoms with E-state index in [2.05, 4.69) is 20.4 Å². The van der Waals surface area contributed by atoms with E-state index in [4.69, 9.17) is 5.11 Å². The van der Waals surface area contributed by atoms with Crippen LogP contribution in [0.4, 0.5) is 19.0 Å². The van der Waals surface area contributed by atoms with Gasteiger partial charge in [0.2, 0.25) is 0 Å². The summed E-state index contributed by atoms with van der Waals surface area (Å²) < 4.78 is 36.4. The number of aliphatic hydroxyl groups is 1. The topological polar surface area (TPSA) is 61.3 Å². The number of alkyl halides is 3. The lowest BCUT2D eigenvalue weighted by molar-refractivity contribution is -0.201. The van der Waals surface area contributed by atoms with Crippen molar-refractivity contribution in [2.45, 2.75) is 31.0 Å². The molecule has 1 aromatic heterocycles. The molecule has 1 aliphatic heterocycles. The van der Waals surface area contributed by atoms with Crippen molar-refractivity contribution in [3.63, 3.8) is 0 Å². The van der Waals surface area contributed by atoms with Crippen LogP contribution in [0.5, 0.6) is 0 Å². The summed E-state index contributed by atoms with van der Waals surface area (Å²) in [6.45, 7) is 1.48. The Balaban J connectivity index is 1.37. The molecule has 2 N–H and O–H groups in total. The van der Waals surface area contributed by atoms with Crippen LogP contribution in [-0.2, 0) is 0 Å². The van der Waals surface area contributed by atoms with Gasteiger partial charge < -0.3 is 15.3 Å². The zero-order chi connectivity index (χ0) is 15.7. The van der Waals surface area contributed by atoms with Crippen LogP contribution >= 0.6 is 0 Å². The van der Waals surface area contributed by atoms with Crippen molar-refractivity contribution in [3.05, 3.63) is 17.8 Å². The van der Waals surface area contributed by atoms with Crippen molar-refractivity contribution in [2.24, 2.45) is 5.92 Å². The summed E-state index contributed by atoms with van der Waals surface area (Å²) in [5.41, 5.74) is 1.05. The van der Waals surface area contributed by atoms with Crippen molar-refractivity contribution in [2.75, 3.05) is 31.1 Å². The Morgan fingerprint density at radius 1 is 1.27 bits per heavy atom. The fraction of sp³-hybridized carbons (Fsp3) is 0.714. The van der Waals surface area contributed by atoms with E-state index in [9.17, 15) is 13.2 Å². The number of rotatable bonds is 6. The zero-order valence-electron chi connectivity index (χ0n) is 12.1. The van der Waals surface area contributed by atoms with Crippen LogP contribution in [0.3, 0.4) is 0 Å². The summed E-state index contributed by atoms with van der Waals surface area (Å²) in [7, 11) is 0. The van der Waals surface area contributed by atoms with Crippen LogP contribution < -0.4 is 10.2 Å². The van der Waals surface area contributed by atoms with Crippen molar-refractivity contribution in [1.29, 1.82) is 0 Å². The summed E-state index contributed by atoms with van der Waals surface area (Å²) in [5.74, 6) is 1.66. The molecule has 2 heterocycles. The van der Waals surface area contributed by atoms with E-state index in [1.54, 1.807) is 0 Å². The van der Waals surface area contributed by atoms with Gasteiger partial charge in [-0.05, 0) is 25.0 Å². The highest BCUT2D eigenvalue weighted by Crippen LogP contribution is 2.38. The number of aromatic nitrogens is 2. The molecule has 0 bridgehead atoms. The van der Waals surface area contributed by atoms with Gasteiger partial charge in [-0.3, -0.25) is 0 Å². The van der Waals surface area contributed by atoms with Crippen molar-refractivity contribution in [3.8, 4) is 0 Å². The predicted octanol–water partition coefficient (Wildman–Crippen LogP) is 1.30. The molecule has 3 rings (SSSR count). The number of aliphatic hydroxyl groups excluding tert-OH is 1. The first-order valence-corrected chi connectivity index (χ1v) is 7.47. The first-order chi connectivity index (χ1) is 10.4. The minimum atomic E-state index is -4.56. The van der Waals surface area contributed by atoms with Gasteiger partial charge in [0.1, 0.15) is 0 Å². The third-order valence-electron chi connectivity index (χ3n) is 4.10. The third kappa shape index (κ3) is 3.67. The lowest BCUT2D eigenvalue weighted by Gasteiger charge is -2.40. The maximum atomic E-state index is 12.1. The van der Waals surface area contributed by atoms with Crippen LogP contribution in [0.2, 0.25) is 0 Å². The molecule has 2 aliphatic rings. The van der Waals surface area contributed by atoms with E-state index in [1.165, 1.54) is 12.8 Å². The van der Waals surface area contributed by atoms with Gasteiger partial charge in [0, 0.05) is 38.0 Å². The maximum Gasteiger partial charge on any atom is 0.415 e. The van der Waals surface area contributed by atoms with Crippen molar-refractivity contribution < 1.29 is 18.3 Å². The van der Waals surface area contributed by atoms with E-state index in [0.29, 0.717) is 12.5 Å². The maximum absolute atomic E-state index is 12.1. The Kier molecular flexibility index (Phi) is 4.22. The molecule has 1 atom stereocenters. The van der Waals surface area contributed by atoms with Crippen LogP contribution in [0.1, 0.15) is 24.5 Å². The van der Waals surface area contributed by atoms with Gasteiger partial charge in [0.05, 0.1) is 5.69 Å². The van der Waals surface area contributed by atoms with Crippen LogP contribution in [0.25, 0.3) is 0 Å². The standard InChI is InChI=1S/C14H19F3N4O/c15-14(16,17)12(22)6-18-5-9-7-21(8-9)13-4-3-11(19-20-13)10-1-2-10/h3-4,9-10,12,18,22H,1-2,5-8H2. The van der Waals surface area contributed by atoms with Crippen molar-refractivity contribution >= 4 is 5.82 Å². The lowest BCUT2D eigenvalue weighted by Crippen LogP contribution is -2.52. The van der Waals surface area contributed by atoms with Crippen LogP contribution in [0, 0.1) is 5.92 Å². The highest BCUT2D eigenvalue weighted by Gasteiger charge is 2.38. The zero-order valence-corrected chi connectivity index (χ0v) is 12.1. The van der Waals surface area contributed by atoms with E-state index in [-0.39, 0.29) is 5.92 Å². The molecule has 1 aliphatic carbocycles. The highest BCUT2D eigenvalue weighted by molar-refractivity contribution is 5.41. The molecule has 0 amide bonds. The Morgan fingerprint density at radius 3 is 2.55 bits per heavy atom. The Labute approximate surface area is 126 Å². The molecular formula is C14H19F3N4O. The largest absolute Gasteiger partial charge is 0.415 e. The minimum absolute atomic E-state index is 0.269. The molecule has 1 aromatic rings. The highest BCUT2D eigenvalue weighted by atomic mass is 19.4. The lowest BCUT2D eigenvalue weighted by atomic mass is 10.00. The molecule has 1 unspecified atom stereocenters.